The van der Waals surface area contributed by atoms with Gasteiger partial charge in [0.05, 0.1) is 11.7 Å². The largest absolute Gasteiger partial charge is 0.494 e. The predicted octanol–water partition coefficient (Wildman–Crippen LogP) is 3.39. The van der Waals surface area contributed by atoms with Gasteiger partial charge in [0.2, 0.25) is 0 Å². The second kappa shape index (κ2) is 5.55. The lowest BCUT2D eigenvalue weighted by atomic mass is 9.79. The fourth-order valence-electron chi connectivity index (χ4n) is 2.24. The van der Waals surface area contributed by atoms with Crippen molar-refractivity contribution in [3.63, 3.8) is 0 Å². The first-order valence-electron chi connectivity index (χ1n) is 7.21. The Bertz CT molecular complexity index is 612. The first-order valence-corrected chi connectivity index (χ1v) is 7.21. The van der Waals surface area contributed by atoms with E-state index in [1.807, 2.05) is 75.4 Å². The van der Waals surface area contributed by atoms with E-state index in [0.717, 1.165) is 17.0 Å². The average Bonchev–Trinajstić information content (AvgIpc) is 2.74. The Morgan fingerprint density at radius 1 is 1.00 bits per heavy atom. The molecule has 3 rings (SSSR count). The maximum absolute atomic E-state index is 5.97. The van der Waals surface area contributed by atoms with E-state index in [0.29, 0.717) is 0 Å². The second-order valence-electron chi connectivity index (χ2n) is 5.82. The smallest absolute Gasteiger partial charge is 0.457 e. The van der Waals surface area contributed by atoms with Crippen LogP contribution in [0.5, 0.6) is 11.5 Å². The fourth-order valence-corrected chi connectivity index (χ4v) is 2.24. The average molecular weight is 282 g/mol. The van der Waals surface area contributed by atoms with Crippen LogP contribution in [-0.4, -0.2) is 18.8 Å². The van der Waals surface area contributed by atoms with Gasteiger partial charge in [0.25, 0.3) is 0 Å². The monoisotopic (exact) mass is 282 g/mol. The van der Waals surface area contributed by atoms with Crippen LogP contribution in [0.1, 0.15) is 20.8 Å². The van der Waals surface area contributed by atoms with Crippen molar-refractivity contribution in [2.75, 3.05) is 0 Å². The highest BCUT2D eigenvalue weighted by Gasteiger charge is 2.43. The van der Waals surface area contributed by atoms with Crippen molar-refractivity contribution in [2.24, 2.45) is 0 Å². The molecule has 1 aliphatic heterocycles. The molecule has 0 aliphatic carbocycles. The number of rotatable bonds is 3. The third kappa shape index (κ3) is 3.12. The van der Waals surface area contributed by atoms with Gasteiger partial charge in [-0.15, -0.1) is 0 Å². The van der Waals surface area contributed by atoms with Gasteiger partial charge in [-0.1, -0.05) is 30.3 Å². The van der Waals surface area contributed by atoms with Gasteiger partial charge in [-0.3, -0.25) is 0 Å². The van der Waals surface area contributed by atoms with E-state index in [1.165, 1.54) is 0 Å². The molecule has 1 atom stereocenters. The van der Waals surface area contributed by atoms with Crippen molar-refractivity contribution in [3.05, 3.63) is 54.6 Å². The minimum absolute atomic E-state index is 0.0567. The highest BCUT2D eigenvalue weighted by atomic mass is 16.7. The van der Waals surface area contributed by atoms with Crippen LogP contribution in [0.2, 0.25) is 0 Å². The molecule has 4 heteroatoms. The minimum Gasteiger partial charge on any atom is -0.457 e. The standard InChI is InChI=1S/C17H19BO3/c1-13-17(2,3)21-18(20-13)14-8-7-11-16(12-14)19-15-9-5-4-6-10-15/h4-13H,1-3H3. The van der Waals surface area contributed by atoms with E-state index in [2.05, 4.69) is 0 Å². The Morgan fingerprint density at radius 2 is 1.71 bits per heavy atom. The summed E-state index contributed by atoms with van der Waals surface area (Å²) in [6, 6.07) is 17.6. The van der Waals surface area contributed by atoms with Gasteiger partial charge in [-0.25, -0.2) is 0 Å². The van der Waals surface area contributed by atoms with Gasteiger partial charge in [-0.05, 0) is 50.5 Å². The zero-order chi connectivity index (χ0) is 14.9. The lowest BCUT2D eigenvalue weighted by molar-refractivity contribution is 0.0842. The number of ether oxygens (including phenoxy) is 1. The van der Waals surface area contributed by atoms with Gasteiger partial charge in [-0.2, -0.15) is 0 Å². The molecule has 1 saturated heterocycles. The summed E-state index contributed by atoms with van der Waals surface area (Å²) in [4.78, 5) is 0. The molecule has 2 aromatic rings. The molecule has 21 heavy (non-hydrogen) atoms. The van der Waals surface area contributed by atoms with Crippen LogP contribution >= 0.6 is 0 Å². The third-order valence-electron chi connectivity index (χ3n) is 3.83. The predicted molar refractivity (Wildman–Crippen MR) is 84.1 cm³/mol. The minimum atomic E-state index is -0.339. The van der Waals surface area contributed by atoms with Crippen LogP contribution in [0.15, 0.2) is 54.6 Å². The van der Waals surface area contributed by atoms with Gasteiger partial charge in [0.15, 0.2) is 0 Å². The summed E-state index contributed by atoms with van der Waals surface area (Å²) in [5.41, 5.74) is 0.696. The van der Waals surface area contributed by atoms with Crippen LogP contribution in [0.3, 0.4) is 0 Å². The van der Waals surface area contributed by atoms with Crippen molar-refractivity contribution in [2.45, 2.75) is 32.5 Å². The summed E-state index contributed by atoms with van der Waals surface area (Å²) in [6.45, 7) is 6.12. The molecule has 2 aromatic carbocycles. The zero-order valence-electron chi connectivity index (χ0n) is 12.6. The summed E-state index contributed by atoms with van der Waals surface area (Å²) in [7, 11) is -0.339. The van der Waals surface area contributed by atoms with E-state index in [9.17, 15) is 0 Å². The van der Waals surface area contributed by atoms with Crippen LogP contribution < -0.4 is 10.2 Å². The van der Waals surface area contributed by atoms with Crippen molar-refractivity contribution in [3.8, 4) is 11.5 Å². The molecule has 1 heterocycles. The molecule has 0 N–H and O–H groups in total. The highest BCUT2D eigenvalue weighted by molar-refractivity contribution is 6.62. The van der Waals surface area contributed by atoms with E-state index < -0.39 is 0 Å². The quantitative estimate of drug-likeness (QED) is 0.808. The molecule has 0 radical (unpaired) electrons. The fraction of sp³-hybridized carbons (Fsp3) is 0.294. The molecule has 1 fully saturated rings. The van der Waals surface area contributed by atoms with Crippen molar-refractivity contribution in [1.82, 2.24) is 0 Å². The lowest BCUT2D eigenvalue weighted by Gasteiger charge is -2.21. The number of hydrogen-bond donors (Lipinski definition) is 0. The Hall–Kier alpha value is -1.78. The molecule has 3 nitrogen and oxygen atoms in total. The third-order valence-corrected chi connectivity index (χ3v) is 3.83. The summed E-state index contributed by atoms with van der Waals surface area (Å²) in [5.74, 6) is 1.60. The van der Waals surface area contributed by atoms with E-state index in [4.69, 9.17) is 14.0 Å². The molecule has 0 aromatic heterocycles. The van der Waals surface area contributed by atoms with Crippen LogP contribution in [-0.2, 0) is 9.31 Å². The Labute approximate surface area is 126 Å². The lowest BCUT2D eigenvalue weighted by Crippen LogP contribution is -2.34. The molecule has 108 valence electrons. The van der Waals surface area contributed by atoms with Gasteiger partial charge in [0.1, 0.15) is 11.5 Å². The molecule has 0 spiro atoms. The summed E-state index contributed by atoms with van der Waals surface area (Å²) >= 11 is 0. The maximum Gasteiger partial charge on any atom is 0.494 e. The van der Waals surface area contributed by atoms with Crippen LogP contribution in [0, 0.1) is 0 Å². The molecule has 1 unspecified atom stereocenters. The first-order chi connectivity index (χ1) is 10.0. The SMILES string of the molecule is CC1OB(c2cccc(Oc3ccccc3)c2)OC1(C)C. The topological polar surface area (TPSA) is 27.7 Å². The first kappa shape index (κ1) is 14.2. The Balaban J connectivity index is 1.78. The highest BCUT2D eigenvalue weighted by Crippen LogP contribution is 2.27. The van der Waals surface area contributed by atoms with Crippen molar-refractivity contribution < 1.29 is 14.0 Å². The second-order valence-corrected chi connectivity index (χ2v) is 5.82. The van der Waals surface area contributed by atoms with Crippen molar-refractivity contribution in [1.29, 1.82) is 0 Å². The number of benzene rings is 2. The molecular weight excluding hydrogens is 263 g/mol. The molecule has 0 bridgehead atoms. The molecule has 1 aliphatic rings. The Morgan fingerprint density at radius 3 is 2.38 bits per heavy atom. The molecule has 0 amide bonds. The zero-order valence-corrected chi connectivity index (χ0v) is 12.6. The number of para-hydroxylation sites is 1. The van der Waals surface area contributed by atoms with Crippen LogP contribution in [0.25, 0.3) is 0 Å². The van der Waals surface area contributed by atoms with Gasteiger partial charge < -0.3 is 14.0 Å². The normalized spacial score (nSPS) is 20.5. The Kier molecular flexibility index (Phi) is 3.74. The maximum atomic E-state index is 5.97. The van der Waals surface area contributed by atoms with E-state index in [1.54, 1.807) is 0 Å². The molecule has 0 saturated carbocycles. The van der Waals surface area contributed by atoms with E-state index >= 15 is 0 Å². The van der Waals surface area contributed by atoms with Gasteiger partial charge in [0, 0.05) is 0 Å². The molecular formula is C17H19BO3. The summed E-state index contributed by atoms with van der Waals surface area (Å²) in [5, 5.41) is 0. The van der Waals surface area contributed by atoms with E-state index in [-0.39, 0.29) is 18.8 Å². The van der Waals surface area contributed by atoms with Crippen molar-refractivity contribution >= 4 is 12.6 Å². The van der Waals surface area contributed by atoms with Crippen LogP contribution in [0.4, 0.5) is 0 Å². The van der Waals surface area contributed by atoms with Gasteiger partial charge >= 0.3 is 7.12 Å². The summed E-state index contributed by atoms with van der Waals surface area (Å²) in [6.07, 6.45) is 0.0567. The number of hydrogen-bond acceptors (Lipinski definition) is 3. The summed E-state index contributed by atoms with van der Waals surface area (Å²) < 4.78 is 17.7.